The minimum Gasteiger partial charge on any atom is -0.380 e. The first-order chi connectivity index (χ1) is 10.2. The Balaban J connectivity index is 2.12. The van der Waals surface area contributed by atoms with Crippen molar-refractivity contribution in [2.24, 2.45) is 5.92 Å². The molecule has 0 aliphatic heterocycles. The van der Waals surface area contributed by atoms with Crippen LogP contribution in [0.15, 0.2) is 66.7 Å². The molecule has 1 heteroatoms. The van der Waals surface area contributed by atoms with Gasteiger partial charge in [-0.3, -0.25) is 0 Å². The van der Waals surface area contributed by atoms with Gasteiger partial charge in [0.05, 0.1) is 0 Å². The Labute approximate surface area is 127 Å². The summed E-state index contributed by atoms with van der Waals surface area (Å²) in [6, 6.07) is 18.3. The highest BCUT2D eigenvalue weighted by Gasteiger charge is 2.38. The number of hydrogen-bond acceptors (Lipinski definition) is 1. The highest BCUT2D eigenvalue weighted by molar-refractivity contribution is 5.39. The van der Waals surface area contributed by atoms with Crippen LogP contribution in [0, 0.1) is 12.8 Å². The summed E-state index contributed by atoms with van der Waals surface area (Å²) in [5.74, 6) is 0.136. The van der Waals surface area contributed by atoms with Gasteiger partial charge in [0.25, 0.3) is 0 Å². The maximum atomic E-state index is 11.6. The summed E-state index contributed by atoms with van der Waals surface area (Å²) in [6.07, 6.45) is 7.68. The molecule has 2 unspecified atom stereocenters. The van der Waals surface area contributed by atoms with Gasteiger partial charge in [-0.1, -0.05) is 72.3 Å². The predicted octanol–water partition coefficient (Wildman–Crippen LogP) is 4.59. The standard InChI is InChI=1S/C20H22O/c1-16-12-14-19(15-13-16)20(21,17-8-4-2-5-9-17)18-10-6-3-7-11-18/h2,4-6,8-10,12-15,18,21H,3,7,11H2,1H3. The Kier molecular flexibility index (Phi) is 3.94. The topological polar surface area (TPSA) is 20.2 Å². The lowest BCUT2D eigenvalue weighted by atomic mass is 9.72. The fraction of sp³-hybridized carbons (Fsp3) is 0.300. The van der Waals surface area contributed by atoms with Crippen molar-refractivity contribution in [1.82, 2.24) is 0 Å². The number of allylic oxidation sites excluding steroid dienone is 1. The molecular weight excluding hydrogens is 256 g/mol. The summed E-state index contributed by atoms with van der Waals surface area (Å²) in [5, 5.41) is 11.6. The SMILES string of the molecule is Cc1ccc(C(O)(c2ccccc2)C2C=CCCC2)cc1. The van der Waals surface area contributed by atoms with Gasteiger partial charge in [-0.15, -0.1) is 0 Å². The van der Waals surface area contributed by atoms with Crippen LogP contribution in [0.5, 0.6) is 0 Å². The van der Waals surface area contributed by atoms with Crippen LogP contribution >= 0.6 is 0 Å². The Morgan fingerprint density at radius 1 is 0.952 bits per heavy atom. The summed E-state index contributed by atoms with van der Waals surface area (Å²) < 4.78 is 0. The van der Waals surface area contributed by atoms with Crippen LogP contribution in [-0.2, 0) is 5.60 Å². The van der Waals surface area contributed by atoms with Gasteiger partial charge < -0.3 is 5.11 Å². The lowest BCUT2D eigenvalue weighted by Crippen LogP contribution is -2.36. The second-order valence-electron chi connectivity index (χ2n) is 5.96. The molecular formula is C20H22O. The van der Waals surface area contributed by atoms with E-state index in [1.807, 2.05) is 30.3 Å². The zero-order valence-corrected chi connectivity index (χ0v) is 12.5. The lowest BCUT2D eigenvalue weighted by Gasteiger charge is -2.37. The van der Waals surface area contributed by atoms with E-state index in [0.717, 1.165) is 30.4 Å². The van der Waals surface area contributed by atoms with Crippen molar-refractivity contribution in [3.63, 3.8) is 0 Å². The first-order valence-electron chi connectivity index (χ1n) is 7.73. The number of aryl methyl sites for hydroxylation is 1. The summed E-state index contributed by atoms with van der Waals surface area (Å²) >= 11 is 0. The highest BCUT2D eigenvalue weighted by atomic mass is 16.3. The third-order valence-electron chi connectivity index (χ3n) is 4.50. The van der Waals surface area contributed by atoms with Gasteiger partial charge in [-0.25, -0.2) is 0 Å². The molecule has 108 valence electrons. The van der Waals surface area contributed by atoms with Gasteiger partial charge in [0, 0.05) is 5.92 Å². The largest absolute Gasteiger partial charge is 0.380 e. The molecule has 2 atom stereocenters. The molecule has 1 N–H and O–H groups in total. The minimum absolute atomic E-state index is 0.136. The molecule has 0 radical (unpaired) electrons. The van der Waals surface area contributed by atoms with Crippen LogP contribution < -0.4 is 0 Å². The molecule has 0 spiro atoms. The number of benzene rings is 2. The molecule has 1 aliphatic carbocycles. The fourth-order valence-corrected chi connectivity index (χ4v) is 3.26. The van der Waals surface area contributed by atoms with Crippen LogP contribution in [0.2, 0.25) is 0 Å². The molecule has 3 rings (SSSR count). The third-order valence-corrected chi connectivity index (χ3v) is 4.50. The molecule has 0 aromatic heterocycles. The van der Waals surface area contributed by atoms with Gasteiger partial charge in [-0.05, 0) is 37.3 Å². The smallest absolute Gasteiger partial charge is 0.121 e. The van der Waals surface area contributed by atoms with Crippen LogP contribution in [-0.4, -0.2) is 5.11 Å². The first kappa shape index (κ1) is 14.1. The Morgan fingerprint density at radius 2 is 1.62 bits per heavy atom. The van der Waals surface area contributed by atoms with Crippen molar-refractivity contribution >= 4 is 0 Å². The van der Waals surface area contributed by atoms with Gasteiger partial charge >= 0.3 is 0 Å². The van der Waals surface area contributed by atoms with Crippen molar-refractivity contribution < 1.29 is 5.11 Å². The fourth-order valence-electron chi connectivity index (χ4n) is 3.26. The van der Waals surface area contributed by atoms with Crippen molar-refractivity contribution in [3.8, 4) is 0 Å². The maximum absolute atomic E-state index is 11.6. The van der Waals surface area contributed by atoms with Crippen molar-refractivity contribution in [3.05, 3.63) is 83.4 Å². The van der Waals surface area contributed by atoms with Crippen LogP contribution in [0.25, 0.3) is 0 Å². The lowest BCUT2D eigenvalue weighted by molar-refractivity contribution is 0.0303. The van der Waals surface area contributed by atoms with E-state index >= 15 is 0 Å². The zero-order chi connectivity index (χ0) is 14.7. The van der Waals surface area contributed by atoms with Gasteiger partial charge in [-0.2, -0.15) is 0 Å². The summed E-state index contributed by atoms with van der Waals surface area (Å²) in [5.41, 5.74) is 2.24. The number of rotatable bonds is 3. The monoisotopic (exact) mass is 278 g/mol. The minimum atomic E-state index is -0.939. The van der Waals surface area contributed by atoms with E-state index in [-0.39, 0.29) is 5.92 Å². The molecule has 0 saturated carbocycles. The predicted molar refractivity (Wildman–Crippen MR) is 87.1 cm³/mol. The molecule has 21 heavy (non-hydrogen) atoms. The van der Waals surface area contributed by atoms with Crippen LogP contribution in [0.4, 0.5) is 0 Å². The summed E-state index contributed by atoms with van der Waals surface area (Å²) in [7, 11) is 0. The molecule has 0 heterocycles. The summed E-state index contributed by atoms with van der Waals surface area (Å²) in [4.78, 5) is 0. The molecule has 0 fully saturated rings. The van der Waals surface area contributed by atoms with E-state index in [1.54, 1.807) is 0 Å². The molecule has 0 amide bonds. The van der Waals surface area contributed by atoms with E-state index in [1.165, 1.54) is 5.56 Å². The second kappa shape index (κ2) is 5.87. The van der Waals surface area contributed by atoms with E-state index < -0.39 is 5.60 Å². The maximum Gasteiger partial charge on any atom is 0.121 e. The van der Waals surface area contributed by atoms with E-state index in [9.17, 15) is 5.11 Å². The first-order valence-corrected chi connectivity index (χ1v) is 7.73. The molecule has 2 aromatic rings. The van der Waals surface area contributed by atoms with Crippen molar-refractivity contribution in [1.29, 1.82) is 0 Å². The molecule has 1 aliphatic rings. The van der Waals surface area contributed by atoms with E-state index in [4.69, 9.17) is 0 Å². The van der Waals surface area contributed by atoms with Crippen molar-refractivity contribution in [2.75, 3.05) is 0 Å². The Hall–Kier alpha value is -1.86. The zero-order valence-electron chi connectivity index (χ0n) is 12.5. The van der Waals surface area contributed by atoms with Gasteiger partial charge in [0.2, 0.25) is 0 Å². The number of hydrogen-bond donors (Lipinski definition) is 1. The molecule has 0 saturated heterocycles. The van der Waals surface area contributed by atoms with Crippen LogP contribution in [0.3, 0.4) is 0 Å². The van der Waals surface area contributed by atoms with Crippen molar-refractivity contribution in [2.45, 2.75) is 31.8 Å². The average Bonchev–Trinajstić information content (AvgIpc) is 2.56. The third kappa shape index (κ3) is 2.66. The highest BCUT2D eigenvalue weighted by Crippen LogP contribution is 2.41. The number of aliphatic hydroxyl groups is 1. The van der Waals surface area contributed by atoms with Crippen LogP contribution in [0.1, 0.15) is 36.0 Å². The average molecular weight is 278 g/mol. The second-order valence-corrected chi connectivity index (χ2v) is 5.96. The van der Waals surface area contributed by atoms with Gasteiger partial charge in [0.1, 0.15) is 5.60 Å². The molecule has 1 nitrogen and oxygen atoms in total. The summed E-state index contributed by atoms with van der Waals surface area (Å²) in [6.45, 7) is 2.08. The molecule has 0 bridgehead atoms. The van der Waals surface area contributed by atoms with E-state index in [0.29, 0.717) is 0 Å². The normalized spacial score (nSPS) is 21.0. The molecule has 2 aromatic carbocycles. The Bertz CT molecular complexity index is 612. The van der Waals surface area contributed by atoms with E-state index in [2.05, 4.69) is 43.3 Å². The quantitative estimate of drug-likeness (QED) is 0.814. The Morgan fingerprint density at radius 3 is 2.24 bits per heavy atom. The van der Waals surface area contributed by atoms with Gasteiger partial charge in [0.15, 0.2) is 0 Å².